The van der Waals surface area contributed by atoms with E-state index in [2.05, 4.69) is 5.18 Å². The summed E-state index contributed by atoms with van der Waals surface area (Å²) in [4.78, 5) is 22.0. The minimum atomic E-state index is -0.813. The van der Waals surface area contributed by atoms with E-state index in [1.807, 2.05) is 6.07 Å². The van der Waals surface area contributed by atoms with Crippen molar-refractivity contribution >= 4 is 5.78 Å². The monoisotopic (exact) mass is 191 g/mol. The molecule has 0 aromatic heterocycles. The normalized spacial score (nSPS) is 11.0. The average molecular weight is 191 g/mol. The largest absolute Gasteiger partial charge is 0.294 e. The third-order valence-corrected chi connectivity index (χ3v) is 1.94. The molecular formula is C11H13NO2. The van der Waals surface area contributed by atoms with Crippen LogP contribution in [0.3, 0.4) is 0 Å². The van der Waals surface area contributed by atoms with Gasteiger partial charge in [-0.1, -0.05) is 35.5 Å². The van der Waals surface area contributed by atoms with Crippen molar-refractivity contribution in [2.45, 2.75) is 25.8 Å². The molecule has 0 heterocycles. The molecule has 0 unspecified atom stereocenters. The third kappa shape index (κ3) is 2.76. The van der Waals surface area contributed by atoms with E-state index in [9.17, 15) is 9.70 Å². The molecule has 0 radical (unpaired) electrons. The van der Waals surface area contributed by atoms with Gasteiger partial charge >= 0.3 is 0 Å². The van der Waals surface area contributed by atoms with Gasteiger partial charge in [0, 0.05) is 12.0 Å². The lowest BCUT2D eigenvalue weighted by Gasteiger charge is -2.13. The van der Waals surface area contributed by atoms with Crippen LogP contribution in [-0.2, 0) is 0 Å². The molecule has 1 aromatic rings. The van der Waals surface area contributed by atoms with Crippen LogP contribution in [0.2, 0.25) is 0 Å². The summed E-state index contributed by atoms with van der Waals surface area (Å²) in [6.45, 7) is 3.31. The molecular weight excluding hydrogens is 178 g/mol. The zero-order chi connectivity index (χ0) is 10.6. The van der Waals surface area contributed by atoms with Crippen LogP contribution in [0.15, 0.2) is 35.5 Å². The smallest absolute Gasteiger partial charge is 0.165 e. The highest BCUT2D eigenvalue weighted by Gasteiger charge is 2.23. The first kappa shape index (κ1) is 10.6. The summed E-state index contributed by atoms with van der Waals surface area (Å²) in [6.07, 6.45) is 0.153. The maximum Gasteiger partial charge on any atom is 0.165 e. The van der Waals surface area contributed by atoms with Crippen molar-refractivity contribution in [3.8, 4) is 0 Å². The Kier molecular flexibility index (Phi) is 3.12. The van der Waals surface area contributed by atoms with Crippen molar-refractivity contribution in [1.82, 2.24) is 0 Å². The first-order valence-corrected chi connectivity index (χ1v) is 4.48. The fraction of sp³-hybridized carbons (Fsp3) is 0.364. The number of Topliss-reactive ketones (excluding diaryl/α,β-unsaturated/α-hetero) is 1. The predicted molar refractivity (Wildman–Crippen MR) is 55.3 cm³/mol. The molecule has 0 saturated heterocycles. The van der Waals surface area contributed by atoms with Gasteiger partial charge in [-0.05, 0) is 13.8 Å². The zero-order valence-corrected chi connectivity index (χ0v) is 8.36. The van der Waals surface area contributed by atoms with E-state index in [4.69, 9.17) is 0 Å². The summed E-state index contributed by atoms with van der Waals surface area (Å²) in [5.41, 5.74) is -0.184. The molecule has 0 bridgehead atoms. The van der Waals surface area contributed by atoms with Crippen molar-refractivity contribution in [3.05, 3.63) is 40.8 Å². The molecule has 0 aliphatic carbocycles. The van der Waals surface area contributed by atoms with Crippen LogP contribution in [0, 0.1) is 4.91 Å². The first-order chi connectivity index (χ1) is 6.55. The minimum Gasteiger partial charge on any atom is -0.294 e. The standard InChI is InChI=1S/C11H13NO2/c1-11(2,12-14)8-10(13)9-6-4-3-5-7-9/h3-7H,8H2,1-2H3. The summed E-state index contributed by atoms with van der Waals surface area (Å²) >= 11 is 0. The lowest BCUT2D eigenvalue weighted by molar-refractivity contribution is 0.0960. The molecule has 3 nitrogen and oxygen atoms in total. The van der Waals surface area contributed by atoms with Crippen LogP contribution in [-0.4, -0.2) is 11.3 Å². The summed E-state index contributed by atoms with van der Waals surface area (Å²) in [6, 6.07) is 8.93. The number of hydrogen-bond acceptors (Lipinski definition) is 3. The van der Waals surface area contributed by atoms with E-state index < -0.39 is 5.54 Å². The summed E-state index contributed by atoms with van der Waals surface area (Å²) < 4.78 is 0. The van der Waals surface area contributed by atoms with Crippen molar-refractivity contribution in [3.63, 3.8) is 0 Å². The molecule has 0 aliphatic heterocycles. The summed E-state index contributed by atoms with van der Waals surface area (Å²) in [7, 11) is 0. The second kappa shape index (κ2) is 4.13. The van der Waals surface area contributed by atoms with Crippen LogP contribution in [0.25, 0.3) is 0 Å². The van der Waals surface area contributed by atoms with Gasteiger partial charge in [-0.25, -0.2) is 0 Å². The Morgan fingerprint density at radius 3 is 2.36 bits per heavy atom. The van der Waals surface area contributed by atoms with E-state index in [-0.39, 0.29) is 12.2 Å². The highest BCUT2D eigenvalue weighted by atomic mass is 16.3. The average Bonchev–Trinajstić information content (AvgIpc) is 2.19. The molecule has 0 atom stereocenters. The van der Waals surface area contributed by atoms with Gasteiger partial charge in [0.2, 0.25) is 0 Å². The van der Waals surface area contributed by atoms with Gasteiger partial charge < -0.3 is 0 Å². The molecule has 0 N–H and O–H groups in total. The summed E-state index contributed by atoms with van der Waals surface area (Å²) in [5.74, 6) is -0.0461. The molecule has 0 fully saturated rings. The Hall–Kier alpha value is -1.51. The number of benzene rings is 1. The van der Waals surface area contributed by atoms with Crippen molar-refractivity contribution < 1.29 is 4.79 Å². The van der Waals surface area contributed by atoms with Crippen molar-refractivity contribution in [2.24, 2.45) is 5.18 Å². The van der Waals surface area contributed by atoms with Gasteiger partial charge in [-0.15, -0.1) is 0 Å². The van der Waals surface area contributed by atoms with Gasteiger partial charge in [-0.3, -0.25) is 4.79 Å². The second-order valence-electron chi connectivity index (χ2n) is 3.87. The molecule has 1 rings (SSSR count). The molecule has 1 aromatic carbocycles. The Labute approximate surface area is 83.1 Å². The number of carbonyl (C=O) groups is 1. The van der Waals surface area contributed by atoms with E-state index in [1.165, 1.54) is 0 Å². The highest BCUT2D eigenvalue weighted by Crippen LogP contribution is 2.17. The number of hydrogen-bond donors (Lipinski definition) is 0. The van der Waals surface area contributed by atoms with Gasteiger partial charge in [0.05, 0.1) is 0 Å². The topological polar surface area (TPSA) is 46.5 Å². The minimum absolute atomic E-state index is 0.0461. The molecule has 0 aliphatic rings. The maximum absolute atomic E-state index is 11.6. The Bertz CT molecular complexity index is 330. The molecule has 3 heteroatoms. The Morgan fingerprint density at radius 2 is 1.86 bits per heavy atom. The van der Waals surface area contributed by atoms with Gasteiger partial charge in [-0.2, -0.15) is 4.91 Å². The van der Waals surface area contributed by atoms with Crippen LogP contribution in [0.1, 0.15) is 30.6 Å². The Balaban J connectivity index is 2.74. The number of ketones is 1. The first-order valence-electron chi connectivity index (χ1n) is 4.48. The summed E-state index contributed by atoms with van der Waals surface area (Å²) in [5, 5.41) is 2.92. The highest BCUT2D eigenvalue weighted by molar-refractivity contribution is 5.96. The van der Waals surface area contributed by atoms with Crippen molar-refractivity contribution in [2.75, 3.05) is 0 Å². The Morgan fingerprint density at radius 1 is 1.29 bits per heavy atom. The lowest BCUT2D eigenvalue weighted by Crippen LogP contribution is -2.20. The third-order valence-electron chi connectivity index (χ3n) is 1.94. The number of carbonyl (C=O) groups excluding carboxylic acids is 1. The SMILES string of the molecule is CC(C)(CC(=O)c1ccccc1)N=O. The van der Waals surface area contributed by atoms with Crippen molar-refractivity contribution in [1.29, 1.82) is 0 Å². The number of nitrogens with zero attached hydrogens (tertiary/aromatic N) is 1. The molecule has 0 amide bonds. The number of rotatable bonds is 4. The van der Waals surface area contributed by atoms with Gasteiger partial charge in [0.1, 0.15) is 5.54 Å². The van der Waals surface area contributed by atoms with Gasteiger partial charge in [0.25, 0.3) is 0 Å². The number of nitroso groups, excluding NO2 is 1. The van der Waals surface area contributed by atoms with Gasteiger partial charge in [0.15, 0.2) is 5.78 Å². The van der Waals surface area contributed by atoms with Crippen LogP contribution >= 0.6 is 0 Å². The van der Waals surface area contributed by atoms with E-state index in [1.54, 1.807) is 38.1 Å². The predicted octanol–water partition coefficient (Wildman–Crippen LogP) is 2.80. The van der Waals surface area contributed by atoms with E-state index in [0.29, 0.717) is 5.56 Å². The molecule has 0 spiro atoms. The quantitative estimate of drug-likeness (QED) is 0.542. The van der Waals surface area contributed by atoms with E-state index in [0.717, 1.165) is 0 Å². The van der Waals surface area contributed by atoms with E-state index >= 15 is 0 Å². The fourth-order valence-corrected chi connectivity index (χ4v) is 1.15. The maximum atomic E-state index is 11.6. The molecule has 14 heavy (non-hydrogen) atoms. The van der Waals surface area contributed by atoms with Crippen LogP contribution in [0.5, 0.6) is 0 Å². The second-order valence-corrected chi connectivity index (χ2v) is 3.87. The van der Waals surface area contributed by atoms with Crippen LogP contribution in [0.4, 0.5) is 0 Å². The zero-order valence-electron chi connectivity index (χ0n) is 8.36. The molecule has 74 valence electrons. The van der Waals surface area contributed by atoms with Crippen LogP contribution < -0.4 is 0 Å². The molecule has 0 saturated carbocycles. The lowest BCUT2D eigenvalue weighted by atomic mass is 9.95. The fourth-order valence-electron chi connectivity index (χ4n) is 1.15.